The van der Waals surface area contributed by atoms with E-state index in [9.17, 15) is 4.79 Å². The molecule has 0 bridgehead atoms. The molecule has 1 aliphatic carbocycles. The van der Waals surface area contributed by atoms with Crippen molar-refractivity contribution >= 4 is 22.2 Å². The zero-order valence-corrected chi connectivity index (χ0v) is 22.0. The molecule has 4 heteroatoms. The number of hydrogen-bond acceptors (Lipinski definition) is 2. The van der Waals surface area contributed by atoms with Crippen LogP contribution in [0.4, 0.5) is 0 Å². The Morgan fingerprint density at radius 1 is 1.21 bits per heavy atom. The number of hydrogen-bond donors (Lipinski definition) is 0. The van der Waals surface area contributed by atoms with Crippen LogP contribution in [0.15, 0.2) is 11.6 Å². The van der Waals surface area contributed by atoms with Crippen molar-refractivity contribution in [2.75, 3.05) is 0 Å². The van der Waals surface area contributed by atoms with Crippen LogP contribution < -0.4 is 0 Å². The third-order valence-corrected chi connectivity index (χ3v) is 11.3. The Morgan fingerprint density at radius 2 is 1.86 bits per heavy atom. The summed E-state index contributed by atoms with van der Waals surface area (Å²) in [4.78, 5) is 11.8. The summed E-state index contributed by atoms with van der Waals surface area (Å²) in [5.41, 5.74) is 4.73. The summed E-state index contributed by atoms with van der Waals surface area (Å²) in [6.45, 7) is 20.7. The van der Waals surface area contributed by atoms with Gasteiger partial charge in [0.2, 0.25) is 0 Å². The van der Waals surface area contributed by atoms with Crippen molar-refractivity contribution in [3.8, 4) is 11.5 Å². The van der Waals surface area contributed by atoms with Gasteiger partial charge in [0.05, 0.1) is 6.10 Å². The fourth-order valence-corrected chi connectivity index (χ4v) is 4.95. The maximum atomic E-state index is 11.8. The maximum absolute atomic E-state index is 11.8. The molecule has 2 atom stereocenters. The van der Waals surface area contributed by atoms with Crippen LogP contribution in [-0.4, -0.2) is 28.3 Å². The number of unbranched alkanes of at least 4 members (excludes halogenated alkanes) is 2. The summed E-state index contributed by atoms with van der Waals surface area (Å²) < 4.78 is 6.91. The van der Waals surface area contributed by atoms with E-state index in [1.54, 1.807) is 0 Å². The number of Topliss-reactive ketones (excluding diaryl/α,β-unsaturated/α-hetero) is 1. The first-order valence-electron chi connectivity index (χ1n) is 11.2. The molecule has 0 radical (unpaired) electrons. The molecular formula is C24H44O2Si2. The van der Waals surface area contributed by atoms with Gasteiger partial charge in [-0.2, -0.15) is 0 Å². The van der Waals surface area contributed by atoms with Crippen molar-refractivity contribution in [1.29, 1.82) is 0 Å². The van der Waals surface area contributed by atoms with Gasteiger partial charge in [-0.05, 0) is 36.9 Å². The lowest BCUT2D eigenvalue weighted by Gasteiger charge is -2.39. The van der Waals surface area contributed by atoms with E-state index in [0.717, 1.165) is 24.8 Å². The molecule has 2 nitrogen and oxygen atoms in total. The van der Waals surface area contributed by atoms with Gasteiger partial charge in [0.25, 0.3) is 0 Å². The summed E-state index contributed by atoms with van der Waals surface area (Å²) in [6.07, 6.45) is 9.41. The Morgan fingerprint density at radius 3 is 2.32 bits per heavy atom. The van der Waals surface area contributed by atoms with Gasteiger partial charge in [0.15, 0.2) is 8.32 Å². The highest BCUT2D eigenvalue weighted by molar-refractivity contribution is 6.83. The van der Waals surface area contributed by atoms with Gasteiger partial charge in [-0.25, -0.2) is 0 Å². The summed E-state index contributed by atoms with van der Waals surface area (Å²) in [5, 5.41) is 0.177. The van der Waals surface area contributed by atoms with Crippen LogP contribution >= 0.6 is 0 Å². The normalized spacial score (nSPS) is 20.1. The molecule has 0 aromatic heterocycles. The van der Waals surface area contributed by atoms with Crippen LogP contribution in [0.2, 0.25) is 37.8 Å². The molecule has 160 valence electrons. The average molecular weight is 421 g/mol. The molecule has 0 N–H and O–H groups in total. The average Bonchev–Trinajstić information content (AvgIpc) is 2.93. The predicted octanol–water partition coefficient (Wildman–Crippen LogP) is 7.13. The summed E-state index contributed by atoms with van der Waals surface area (Å²) in [5.74, 6) is 4.30. The molecule has 2 unspecified atom stereocenters. The second kappa shape index (κ2) is 10.4. The molecule has 0 aromatic rings. The summed E-state index contributed by atoms with van der Waals surface area (Å²) in [7, 11) is -3.38. The highest BCUT2D eigenvalue weighted by Crippen LogP contribution is 2.39. The molecule has 1 aliphatic rings. The van der Waals surface area contributed by atoms with Gasteiger partial charge in [0.1, 0.15) is 13.9 Å². The minimum Gasteiger partial charge on any atom is -0.409 e. The van der Waals surface area contributed by atoms with E-state index < -0.39 is 16.4 Å². The highest BCUT2D eigenvalue weighted by Gasteiger charge is 2.39. The van der Waals surface area contributed by atoms with Crippen molar-refractivity contribution in [2.24, 2.45) is 5.92 Å². The smallest absolute Gasteiger partial charge is 0.192 e. The Labute approximate surface area is 177 Å². The summed E-state index contributed by atoms with van der Waals surface area (Å²) >= 11 is 0. The van der Waals surface area contributed by atoms with Crippen molar-refractivity contribution < 1.29 is 9.22 Å². The van der Waals surface area contributed by atoms with E-state index in [1.165, 1.54) is 19.3 Å². The lowest BCUT2D eigenvalue weighted by Crippen LogP contribution is -2.44. The van der Waals surface area contributed by atoms with Gasteiger partial charge in [0, 0.05) is 18.4 Å². The number of rotatable bonds is 8. The Hall–Kier alpha value is -0.636. The number of carbonyl (C=O) groups excluding carboxylic acids is 1. The van der Waals surface area contributed by atoms with Crippen LogP contribution in [0.1, 0.15) is 72.6 Å². The van der Waals surface area contributed by atoms with Gasteiger partial charge in [-0.1, -0.05) is 78.6 Å². The molecular weight excluding hydrogens is 376 g/mol. The SMILES string of the molecule is CCCCCC(O[Si](C)(C)C(C)(C)C)/C(C#C[Si](C)(C)C)=C\C1CCC(=O)C1. The molecule has 0 spiro atoms. The topological polar surface area (TPSA) is 26.3 Å². The van der Waals surface area contributed by atoms with E-state index in [2.05, 4.69) is 78.0 Å². The minimum absolute atomic E-state index is 0.0759. The minimum atomic E-state index is -1.90. The fraction of sp³-hybridized carbons (Fsp3) is 0.792. The monoisotopic (exact) mass is 420 g/mol. The van der Waals surface area contributed by atoms with E-state index >= 15 is 0 Å². The molecule has 1 saturated carbocycles. The molecule has 0 aliphatic heterocycles. The molecule has 0 aromatic carbocycles. The van der Waals surface area contributed by atoms with Crippen molar-refractivity contribution in [3.05, 3.63) is 11.6 Å². The highest BCUT2D eigenvalue weighted by atomic mass is 28.4. The van der Waals surface area contributed by atoms with Crippen LogP contribution in [0, 0.1) is 17.4 Å². The predicted molar refractivity (Wildman–Crippen MR) is 128 cm³/mol. The van der Waals surface area contributed by atoms with Crippen LogP contribution in [-0.2, 0) is 9.22 Å². The first kappa shape index (κ1) is 25.4. The number of allylic oxidation sites excluding steroid dienone is 1. The van der Waals surface area contributed by atoms with Crippen molar-refractivity contribution in [1.82, 2.24) is 0 Å². The third-order valence-electron chi connectivity index (χ3n) is 5.94. The van der Waals surface area contributed by atoms with E-state index in [1.807, 2.05) is 0 Å². The lowest BCUT2D eigenvalue weighted by molar-refractivity contribution is -0.117. The third kappa shape index (κ3) is 8.80. The first-order chi connectivity index (χ1) is 12.7. The Balaban J connectivity index is 3.24. The zero-order chi connectivity index (χ0) is 21.6. The van der Waals surface area contributed by atoms with Gasteiger partial charge >= 0.3 is 0 Å². The van der Waals surface area contributed by atoms with Crippen molar-refractivity contribution in [3.63, 3.8) is 0 Å². The van der Waals surface area contributed by atoms with Crippen molar-refractivity contribution in [2.45, 2.75) is 117 Å². The Kier molecular flexibility index (Phi) is 9.44. The molecule has 0 saturated heterocycles. The molecule has 1 rings (SSSR count). The van der Waals surface area contributed by atoms with Gasteiger partial charge in [-0.3, -0.25) is 4.79 Å². The van der Waals surface area contributed by atoms with Crippen LogP contribution in [0.3, 0.4) is 0 Å². The molecule has 0 heterocycles. The van der Waals surface area contributed by atoms with E-state index in [0.29, 0.717) is 18.1 Å². The maximum Gasteiger partial charge on any atom is 0.192 e. The summed E-state index contributed by atoms with van der Waals surface area (Å²) in [6, 6.07) is 0. The number of ketones is 1. The standard InChI is InChI=1S/C24H44O2Si2/c1-10-11-12-13-23(26-28(8,9)24(2,3)4)21(16-17-27(5,6)7)18-20-14-15-22(25)19-20/h18,20,23H,10-15,19H2,1-9H3/b21-18-. The van der Waals surface area contributed by atoms with E-state index in [-0.39, 0.29) is 11.1 Å². The van der Waals surface area contributed by atoms with Gasteiger partial charge in [-0.15, -0.1) is 5.54 Å². The molecule has 28 heavy (non-hydrogen) atoms. The van der Waals surface area contributed by atoms with Crippen LogP contribution in [0.5, 0.6) is 0 Å². The second-order valence-electron chi connectivity index (χ2n) is 11.0. The number of carbonyl (C=O) groups is 1. The first-order valence-corrected chi connectivity index (χ1v) is 17.6. The fourth-order valence-electron chi connectivity index (χ4n) is 3.12. The Bertz CT molecular complexity index is 609. The zero-order valence-electron chi connectivity index (χ0n) is 20.0. The molecule has 1 fully saturated rings. The lowest BCUT2D eigenvalue weighted by atomic mass is 9.98. The second-order valence-corrected chi connectivity index (χ2v) is 20.5. The quantitative estimate of drug-likeness (QED) is 0.237. The van der Waals surface area contributed by atoms with Crippen LogP contribution in [0.25, 0.3) is 0 Å². The van der Waals surface area contributed by atoms with E-state index in [4.69, 9.17) is 4.43 Å². The largest absolute Gasteiger partial charge is 0.409 e. The van der Waals surface area contributed by atoms with Gasteiger partial charge < -0.3 is 4.43 Å². The molecule has 0 amide bonds.